The van der Waals surface area contributed by atoms with Crippen LogP contribution >= 0.6 is 0 Å². The van der Waals surface area contributed by atoms with Crippen molar-refractivity contribution >= 4 is 17.2 Å². The molecule has 4 aromatic rings. The van der Waals surface area contributed by atoms with Crippen LogP contribution in [0.4, 0.5) is 5.69 Å². The number of amides is 1. The minimum atomic E-state index is -0.303. The second-order valence-corrected chi connectivity index (χ2v) is 5.68. The number of nitrogens with zero attached hydrogens (tertiary/aromatic N) is 3. The van der Waals surface area contributed by atoms with Crippen LogP contribution in [0.25, 0.3) is 16.9 Å². The zero-order valence-electron chi connectivity index (χ0n) is 14.1. The van der Waals surface area contributed by atoms with Crippen molar-refractivity contribution in [2.45, 2.75) is 0 Å². The van der Waals surface area contributed by atoms with E-state index in [-0.39, 0.29) is 5.91 Å². The maximum atomic E-state index is 12.6. The molecule has 2 aromatic heterocycles. The Kier molecular flexibility index (Phi) is 4.07. The second-order valence-electron chi connectivity index (χ2n) is 5.68. The smallest absolute Gasteiger partial charge is 0.276 e. The van der Waals surface area contributed by atoms with E-state index in [0.717, 1.165) is 11.3 Å². The fourth-order valence-electron chi connectivity index (χ4n) is 2.73. The molecule has 2 aromatic carbocycles. The highest BCUT2D eigenvalue weighted by Gasteiger charge is 2.14. The average Bonchev–Trinajstić information content (AvgIpc) is 3.13. The molecule has 128 valence electrons. The number of aromatic nitrogens is 3. The molecular formula is C20H16N4O2. The molecule has 0 spiro atoms. The summed E-state index contributed by atoms with van der Waals surface area (Å²) >= 11 is 0. The van der Waals surface area contributed by atoms with E-state index < -0.39 is 0 Å². The van der Waals surface area contributed by atoms with E-state index in [2.05, 4.69) is 15.4 Å². The van der Waals surface area contributed by atoms with E-state index in [1.807, 2.05) is 48.5 Å². The van der Waals surface area contributed by atoms with E-state index in [4.69, 9.17) is 4.74 Å². The molecule has 6 nitrogen and oxygen atoms in total. The summed E-state index contributed by atoms with van der Waals surface area (Å²) in [5, 5.41) is 7.27. The number of fused-ring (bicyclic) bond motifs is 1. The monoisotopic (exact) mass is 344 g/mol. The summed E-state index contributed by atoms with van der Waals surface area (Å²) in [5.41, 5.74) is 3.42. The van der Waals surface area contributed by atoms with Crippen molar-refractivity contribution < 1.29 is 9.53 Å². The van der Waals surface area contributed by atoms with Crippen LogP contribution in [0, 0.1) is 0 Å². The molecule has 0 aliphatic rings. The van der Waals surface area contributed by atoms with Gasteiger partial charge in [-0.2, -0.15) is 5.10 Å². The second kappa shape index (κ2) is 6.68. The Morgan fingerprint density at radius 2 is 1.88 bits per heavy atom. The molecule has 0 saturated heterocycles. The fourth-order valence-corrected chi connectivity index (χ4v) is 2.73. The zero-order valence-corrected chi connectivity index (χ0v) is 14.1. The third-order valence-electron chi connectivity index (χ3n) is 3.99. The first-order valence-electron chi connectivity index (χ1n) is 8.10. The summed E-state index contributed by atoms with van der Waals surface area (Å²) in [6.45, 7) is 0. The van der Waals surface area contributed by atoms with Crippen LogP contribution in [-0.4, -0.2) is 27.6 Å². The molecule has 0 bridgehead atoms. The molecule has 0 saturated carbocycles. The van der Waals surface area contributed by atoms with Gasteiger partial charge < -0.3 is 10.1 Å². The van der Waals surface area contributed by atoms with Gasteiger partial charge in [0.1, 0.15) is 5.75 Å². The summed E-state index contributed by atoms with van der Waals surface area (Å²) in [4.78, 5) is 16.9. The Labute approximate surface area is 150 Å². The highest BCUT2D eigenvalue weighted by molar-refractivity contribution is 6.03. The van der Waals surface area contributed by atoms with Crippen LogP contribution in [-0.2, 0) is 0 Å². The van der Waals surface area contributed by atoms with Gasteiger partial charge in [0, 0.05) is 29.6 Å². The summed E-state index contributed by atoms with van der Waals surface area (Å²) in [6.07, 6.45) is 1.71. The number of benzene rings is 2. The summed E-state index contributed by atoms with van der Waals surface area (Å²) in [5.74, 6) is 0.369. The number of nitrogens with one attached hydrogen (secondary N) is 1. The van der Waals surface area contributed by atoms with Crippen LogP contribution in [0.3, 0.4) is 0 Å². The molecular weight excluding hydrogens is 328 g/mol. The summed E-state index contributed by atoms with van der Waals surface area (Å²) < 4.78 is 6.85. The number of hydrogen-bond donors (Lipinski definition) is 1. The molecule has 0 aliphatic carbocycles. The number of carbonyl (C=O) groups is 1. The van der Waals surface area contributed by atoms with Gasteiger partial charge in [-0.3, -0.25) is 4.79 Å². The number of ether oxygens (including phenoxy) is 1. The average molecular weight is 344 g/mol. The van der Waals surface area contributed by atoms with E-state index in [1.165, 1.54) is 0 Å². The van der Waals surface area contributed by atoms with Gasteiger partial charge in [0.25, 0.3) is 5.91 Å². The minimum Gasteiger partial charge on any atom is -0.497 e. The number of hydrogen-bond acceptors (Lipinski definition) is 4. The Morgan fingerprint density at radius 1 is 1.04 bits per heavy atom. The lowest BCUT2D eigenvalue weighted by Gasteiger charge is -2.05. The van der Waals surface area contributed by atoms with Crippen molar-refractivity contribution in [1.82, 2.24) is 14.6 Å². The normalized spacial score (nSPS) is 10.7. The van der Waals surface area contributed by atoms with Crippen molar-refractivity contribution in [1.29, 1.82) is 0 Å². The van der Waals surface area contributed by atoms with Crippen molar-refractivity contribution in [2.24, 2.45) is 0 Å². The lowest BCUT2D eigenvalue weighted by molar-refractivity contribution is 0.102. The standard InChI is InChI=1S/C20H16N4O2/c1-26-16-9-5-8-15(12-16)22-20(25)17-13-19-21-11-10-18(24(19)23-17)14-6-3-2-4-7-14/h2-13H,1H3,(H,22,25). The van der Waals surface area contributed by atoms with Gasteiger partial charge in [0.05, 0.1) is 12.8 Å². The van der Waals surface area contributed by atoms with Crippen molar-refractivity contribution in [3.63, 3.8) is 0 Å². The number of anilines is 1. The molecule has 0 unspecified atom stereocenters. The number of methoxy groups -OCH3 is 1. The lowest BCUT2D eigenvalue weighted by atomic mass is 10.1. The topological polar surface area (TPSA) is 68.5 Å². The number of rotatable bonds is 4. The Morgan fingerprint density at radius 3 is 2.69 bits per heavy atom. The molecule has 6 heteroatoms. The van der Waals surface area contributed by atoms with E-state index in [9.17, 15) is 4.79 Å². The first-order chi connectivity index (χ1) is 12.7. The van der Waals surface area contributed by atoms with Gasteiger partial charge in [-0.25, -0.2) is 9.50 Å². The molecule has 4 rings (SSSR count). The van der Waals surface area contributed by atoms with Crippen LogP contribution in [0.1, 0.15) is 10.5 Å². The molecule has 0 fully saturated rings. The predicted octanol–water partition coefficient (Wildman–Crippen LogP) is 3.66. The van der Waals surface area contributed by atoms with Crippen LogP contribution in [0.15, 0.2) is 72.9 Å². The SMILES string of the molecule is COc1cccc(NC(=O)c2cc3nccc(-c4ccccc4)n3n2)c1. The van der Waals surface area contributed by atoms with E-state index in [0.29, 0.717) is 22.8 Å². The van der Waals surface area contributed by atoms with Gasteiger partial charge in [-0.05, 0) is 18.2 Å². The highest BCUT2D eigenvalue weighted by Crippen LogP contribution is 2.21. The Balaban J connectivity index is 1.68. The third kappa shape index (κ3) is 3.00. The Bertz CT molecular complexity index is 1070. The first-order valence-corrected chi connectivity index (χ1v) is 8.10. The Hall–Kier alpha value is -3.67. The number of carbonyl (C=O) groups excluding carboxylic acids is 1. The maximum absolute atomic E-state index is 12.6. The van der Waals surface area contributed by atoms with Crippen molar-refractivity contribution in [3.05, 3.63) is 78.6 Å². The largest absolute Gasteiger partial charge is 0.497 e. The summed E-state index contributed by atoms with van der Waals surface area (Å²) in [7, 11) is 1.58. The summed E-state index contributed by atoms with van der Waals surface area (Å²) in [6, 6.07) is 20.6. The van der Waals surface area contributed by atoms with E-state index >= 15 is 0 Å². The molecule has 0 atom stereocenters. The quantitative estimate of drug-likeness (QED) is 0.613. The van der Waals surface area contributed by atoms with Gasteiger partial charge in [0.15, 0.2) is 11.3 Å². The van der Waals surface area contributed by atoms with Gasteiger partial charge in [0.2, 0.25) is 0 Å². The molecule has 2 heterocycles. The van der Waals surface area contributed by atoms with Gasteiger partial charge in [-0.1, -0.05) is 36.4 Å². The molecule has 0 radical (unpaired) electrons. The van der Waals surface area contributed by atoms with E-state index in [1.54, 1.807) is 36.0 Å². The maximum Gasteiger partial charge on any atom is 0.276 e. The molecule has 0 aliphatic heterocycles. The van der Waals surface area contributed by atoms with Crippen molar-refractivity contribution in [3.8, 4) is 17.0 Å². The molecule has 1 N–H and O–H groups in total. The first kappa shape index (κ1) is 15.8. The lowest BCUT2D eigenvalue weighted by Crippen LogP contribution is -2.12. The molecule has 26 heavy (non-hydrogen) atoms. The zero-order chi connectivity index (χ0) is 17.9. The van der Waals surface area contributed by atoms with Gasteiger partial charge >= 0.3 is 0 Å². The van der Waals surface area contributed by atoms with Crippen LogP contribution in [0.2, 0.25) is 0 Å². The minimum absolute atomic E-state index is 0.295. The third-order valence-corrected chi connectivity index (χ3v) is 3.99. The van der Waals surface area contributed by atoms with Gasteiger partial charge in [-0.15, -0.1) is 0 Å². The van der Waals surface area contributed by atoms with Crippen LogP contribution < -0.4 is 10.1 Å². The molecule has 1 amide bonds. The highest BCUT2D eigenvalue weighted by atomic mass is 16.5. The predicted molar refractivity (Wildman–Crippen MR) is 99.4 cm³/mol. The van der Waals surface area contributed by atoms with Crippen molar-refractivity contribution in [2.75, 3.05) is 12.4 Å². The fraction of sp³-hybridized carbons (Fsp3) is 0.0500. The van der Waals surface area contributed by atoms with Crippen LogP contribution in [0.5, 0.6) is 5.75 Å².